The summed E-state index contributed by atoms with van der Waals surface area (Å²) in [5.41, 5.74) is 0.934. The van der Waals surface area contributed by atoms with E-state index in [-0.39, 0.29) is 11.9 Å². The summed E-state index contributed by atoms with van der Waals surface area (Å²) in [4.78, 5) is 19.8. The van der Waals surface area contributed by atoms with Gasteiger partial charge in [0.15, 0.2) is 0 Å². The minimum atomic E-state index is 0.0530. The second kappa shape index (κ2) is 7.45. The standard InChI is InChI=1S/C17H29N5O/c1-3-4-7-20-9-11-21(12-10-20)16-6-5-8-22(17(16)23)15-13-18-19(2)14-15/h13-14,16H,3-12H2,1-2H3/t16-/m0/s1. The molecule has 0 aliphatic carbocycles. The van der Waals surface area contributed by atoms with E-state index in [1.54, 1.807) is 10.9 Å². The Hall–Kier alpha value is -1.40. The molecule has 6 nitrogen and oxygen atoms in total. The summed E-state index contributed by atoms with van der Waals surface area (Å²) in [5.74, 6) is 0.256. The highest BCUT2D eigenvalue weighted by Gasteiger charge is 2.35. The molecule has 2 fully saturated rings. The predicted octanol–water partition coefficient (Wildman–Crippen LogP) is 1.33. The molecule has 1 atom stereocenters. The smallest absolute Gasteiger partial charge is 0.244 e. The number of carbonyl (C=O) groups is 1. The SMILES string of the molecule is CCCCN1CCN([C@H]2CCCN(c3cnn(C)c3)C2=O)CC1. The molecule has 0 saturated carbocycles. The van der Waals surface area contributed by atoms with Crippen LogP contribution in [0.2, 0.25) is 0 Å². The van der Waals surface area contributed by atoms with Crippen LogP contribution in [0, 0.1) is 0 Å². The maximum atomic E-state index is 12.9. The number of piperazine rings is 1. The first-order valence-corrected chi connectivity index (χ1v) is 8.95. The maximum Gasteiger partial charge on any atom is 0.244 e. The van der Waals surface area contributed by atoms with Gasteiger partial charge in [-0.2, -0.15) is 5.10 Å². The fraction of sp³-hybridized carbons (Fsp3) is 0.765. The number of aromatic nitrogens is 2. The number of carbonyl (C=O) groups excluding carboxylic acids is 1. The van der Waals surface area contributed by atoms with Crippen molar-refractivity contribution in [3.05, 3.63) is 12.4 Å². The molecule has 0 bridgehead atoms. The lowest BCUT2D eigenvalue weighted by Crippen LogP contribution is -2.57. The van der Waals surface area contributed by atoms with Gasteiger partial charge in [-0.25, -0.2) is 0 Å². The second-order valence-corrected chi connectivity index (χ2v) is 6.75. The molecule has 23 heavy (non-hydrogen) atoms. The summed E-state index contributed by atoms with van der Waals surface area (Å²) in [5, 5.41) is 4.20. The number of unbranched alkanes of at least 4 members (excludes halogenated alkanes) is 1. The third-order valence-corrected chi connectivity index (χ3v) is 5.09. The first-order chi connectivity index (χ1) is 11.2. The van der Waals surface area contributed by atoms with E-state index in [9.17, 15) is 4.79 Å². The zero-order chi connectivity index (χ0) is 16.2. The Morgan fingerprint density at radius 2 is 2.00 bits per heavy atom. The van der Waals surface area contributed by atoms with E-state index >= 15 is 0 Å². The van der Waals surface area contributed by atoms with Crippen LogP contribution in [0.15, 0.2) is 12.4 Å². The summed E-state index contributed by atoms with van der Waals surface area (Å²) in [6, 6.07) is 0.0530. The molecule has 0 spiro atoms. The molecule has 6 heteroatoms. The average molecular weight is 319 g/mol. The van der Waals surface area contributed by atoms with Gasteiger partial charge in [-0.3, -0.25) is 14.4 Å². The Kier molecular flexibility index (Phi) is 5.33. The van der Waals surface area contributed by atoms with Crippen molar-refractivity contribution >= 4 is 11.6 Å². The fourth-order valence-electron chi connectivity index (χ4n) is 3.68. The van der Waals surface area contributed by atoms with Crippen LogP contribution in [-0.4, -0.2) is 70.8 Å². The molecule has 0 radical (unpaired) electrons. The van der Waals surface area contributed by atoms with Gasteiger partial charge in [-0.05, 0) is 25.8 Å². The molecule has 2 aliphatic heterocycles. The molecular weight excluding hydrogens is 290 g/mol. The zero-order valence-electron chi connectivity index (χ0n) is 14.4. The van der Waals surface area contributed by atoms with Gasteiger partial charge in [0.2, 0.25) is 5.91 Å². The molecule has 3 heterocycles. The molecule has 1 aromatic heterocycles. The van der Waals surface area contributed by atoms with Crippen LogP contribution in [0.3, 0.4) is 0 Å². The van der Waals surface area contributed by atoms with Crippen LogP contribution in [0.1, 0.15) is 32.6 Å². The minimum Gasteiger partial charge on any atom is -0.308 e. The first-order valence-electron chi connectivity index (χ1n) is 8.95. The Labute approximate surface area is 139 Å². The second-order valence-electron chi connectivity index (χ2n) is 6.75. The van der Waals surface area contributed by atoms with Crippen molar-refractivity contribution in [2.45, 2.75) is 38.6 Å². The monoisotopic (exact) mass is 319 g/mol. The number of hydrogen-bond acceptors (Lipinski definition) is 4. The molecular formula is C17H29N5O. The molecule has 0 unspecified atom stereocenters. The highest BCUT2D eigenvalue weighted by Crippen LogP contribution is 2.24. The van der Waals surface area contributed by atoms with Crippen LogP contribution in [0.25, 0.3) is 0 Å². The average Bonchev–Trinajstić information content (AvgIpc) is 3.00. The lowest BCUT2D eigenvalue weighted by Gasteiger charge is -2.42. The number of aryl methyl sites for hydroxylation is 1. The highest BCUT2D eigenvalue weighted by atomic mass is 16.2. The van der Waals surface area contributed by atoms with Crippen molar-refractivity contribution < 1.29 is 4.79 Å². The number of piperidine rings is 1. The third-order valence-electron chi connectivity index (χ3n) is 5.09. The lowest BCUT2D eigenvalue weighted by molar-refractivity contribution is -0.126. The molecule has 1 aromatic rings. The summed E-state index contributed by atoms with van der Waals surface area (Å²) < 4.78 is 1.76. The van der Waals surface area contributed by atoms with Crippen molar-refractivity contribution in [3.8, 4) is 0 Å². The van der Waals surface area contributed by atoms with E-state index in [4.69, 9.17) is 0 Å². The Morgan fingerprint density at radius 1 is 1.22 bits per heavy atom. The van der Waals surface area contributed by atoms with Gasteiger partial charge >= 0.3 is 0 Å². The van der Waals surface area contributed by atoms with Crippen LogP contribution in [0.5, 0.6) is 0 Å². The van der Waals surface area contributed by atoms with E-state index in [0.29, 0.717) is 0 Å². The number of anilines is 1. The molecule has 2 saturated heterocycles. The Morgan fingerprint density at radius 3 is 2.65 bits per heavy atom. The van der Waals surface area contributed by atoms with Gasteiger partial charge in [0.1, 0.15) is 0 Å². The molecule has 128 valence electrons. The Bertz CT molecular complexity index is 521. The molecule has 1 amide bonds. The van der Waals surface area contributed by atoms with Crippen molar-refractivity contribution in [1.29, 1.82) is 0 Å². The number of nitrogens with zero attached hydrogens (tertiary/aromatic N) is 5. The van der Waals surface area contributed by atoms with E-state index in [1.807, 2.05) is 18.1 Å². The van der Waals surface area contributed by atoms with Crippen molar-refractivity contribution in [2.75, 3.05) is 44.2 Å². The van der Waals surface area contributed by atoms with Gasteiger partial charge in [0.25, 0.3) is 0 Å². The molecule has 3 rings (SSSR count). The molecule has 0 N–H and O–H groups in total. The fourth-order valence-corrected chi connectivity index (χ4v) is 3.68. The first kappa shape index (κ1) is 16.5. The zero-order valence-corrected chi connectivity index (χ0v) is 14.4. The molecule has 0 aromatic carbocycles. The van der Waals surface area contributed by atoms with Gasteiger partial charge in [0, 0.05) is 46.0 Å². The largest absolute Gasteiger partial charge is 0.308 e. The predicted molar refractivity (Wildman–Crippen MR) is 91.5 cm³/mol. The number of hydrogen-bond donors (Lipinski definition) is 0. The third kappa shape index (κ3) is 3.75. The van der Waals surface area contributed by atoms with E-state index < -0.39 is 0 Å². The summed E-state index contributed by atoms with van der Waals surface area (Å²) >= 11 is 0. The van der Waals surface area contributed by atoms with E-state index in [2.05, 4.69) is 21.8 Å². The van der Waals surface area contributed by atoms with Crippen LogP contribution >= 0.6 is 0 Å². The summed E-state index contributed by atoms with van der Waals surface area (Å²) in [7, 11) is 1.89. The maximum absolute atomic E-state index is 12.9. The summed E-state index contributed by atoms with van der Waals surface area (Å²) in [6.45, 7) is 8.47. The normalized spacial score (nSPS) is 24.3. The Balaban J connectivity index is 1.59. The number of rotatable bonds is 5. The highest BCUT2D eigenvalue weighted by molar-refractivity contribution is 5.97. The van der Waals surface area contributed by atoms with E-state index in [1.165, 1.54) is 19.4 Å². The quantitative estimate of drug-likeness (QED) is 0.821. The van der Waals surface area contributed by atoms with Gasteiger partial charge in [0.05, 0.1) is 17.9 Å². The van der Waals surface area contributed by atoms with Crippen LogP contribution in [0.4, 0.5) is 5.69 Å². The van der Waals surface area contributed by atoms with Crippen molar-refractivity contribution in [3.63, 3.8) is 0 Å². The van der Waals surface area contributed by atoms with Crippen LogP contribution in [-0.2, 0) is 11.8 Å². The lowest BCUT2D eigenvalue weighted by atomic mass is 10.0. The molecule has 2 aliphatic rings. The van der Waals surface area contributed by atoms with Crippen molar-refractivity contribution in [1.82, 2.24) is 19.6 Å². The van der Waals surface area contributed by atoms with Crippen molar-refractivity contribution in [2.24, 2.45) is 7.05 Å². The van der Waals surface area contributed by atoms with Gasteiger partial charge in [-0.1, -0.05) is 13.3 Å². The van der Waals surface area contributed by atoms with Gasteiger partial charge in [-0.15, -0.1) is 0 Å². The van der Waals surface area contributed by atoms with Crippen LogP contribution < -0.4 is 4.90 Å². The van der Waals surface area contributed by atoms with Gasteiger partial charge < -0.3 is 9.80 Å². The van der Waals surface area contributed by atoms with E-state index in [0.717, 1.165) is 51.3 Å². The minimum absolute atomic E-state index is 0.0530. The number of amides is 1. The summed E-state index contributed by atoms with van der Waals surface area (Å²) in [6.07, 6.45) is 8.32. The topological polar surface area (TPSA) is 44.6 Å².